The molecule has 0 bridgehead atoms. The van der Waals surface area contributed by atoms with Crippen LogP contribution in [0.4, 0.5) is 0 Å². The number of carbonyl (C=O) groups excluding carboxylic acids is 1. The van der Waals surface area contributed by atoms with E-state index in [0.29, 0.717) is 17.1 Å². The Morgan fingerprint density at radius 3 is 2.65 bits per heavy atom. The van der Waals surface area contributed by atoms with Crippen molar-refractivity contribution in [2.45, 2.75) is 19.4 Å². The second kappa shape index (κ2) is 5.07. The van der Waals surface area contributed by atoms with Crippen molar-refractivity contribution < 1.29 is 9.90 Å². The molecule has 1 heterocycles. The Kier molecular flexibility index (Phi) is 3.69. The van der Waals surface area contributed by atoms with E-state index in [1.54, 1.807) is 36.1 Å². The van der Waals surface area contributed by atoms with Crippen molar-refractivity contribution >= 4 is 17.5 Å². The first-order valence-corrected chi connectivity index (χ1v) is 6.18. The van der Waals surface area contributed by atoms with Gasteiger partial charge in [-0.05, 0) is 37.6 Å². The predicted molar refractivity (Wildman–Crippen MR) is 67.1 cm³/mol. The summed E-state index contributed by atoms with van der Waals surface area (Å²) in [5.41, 5.74) is 0.653. The summed E-state index contributed by atoms with van der Waals surface area (Å²) in [4.78, 5) is 13.9. The van der Waals surface area contributed by atoms with Crippen LogP contribution in [-0.4, -0.2) is 35.1 Å². The molecule has 0 saturated carbocycles. The van der Waals surface area contributed by atoms with Crippen molar-refractivity contribution in [3.8, 4) is 0 Å². The molecule has 0 aromatic heterocycles. The summed E-state index contributed by atoms with van der Waals surface area (Å²) < 4.78 is 0. The third-order valence-electron chi connectivity index (χ3n) is 3.29. The molecule has 1 aromatic rings. The normalized spacial score (nSPS) is 21.6. The number of nitrogens with zero attached hydrogens (tertiary/aromatic N) is 1. The number of hydrogen-bond acceptors (Lipinski definition) is 2. The molecule has 2 rings (SSSR count). The van der Waals surface area contributed by atoms with Gasteiger partial charge in [0.1, 0.15) is 0 Å². The molecule has 1 aliphatic rings. The number of hydrogen-bond donors (Lipinski definition) is 1. The zero-order valence-corrected chi connectivity index (χ0v) is 10.5. The minimum Gasteiger partial charge on any atom is -0.393 e. The monoisotopic (exact) mass is 253 g/mol. The molecule has 3 nitrogen and oxygen atoms in total. The van der Waals surface area contributed by atoms with Gasteiger partial charge in [0.15, 0.2) is 0 Å². The zero-order chi connectivity index (χ0) is 12.4. The van der Waals surface area contributed by atoms with Gasteiger partial charge in [0.2, 0.25) is 0 Å². The molecular weight excluding hydrogens is 238 g/mol. The van der Waals surface area contributed by atoms with E-state index >= 15 is 0 Å². The number of amides is 1. The van der Waals surface area contributed by atoms with E-state index in [2.05, 4.69) is 0 Å². The summed E-state index contributed by atoms with van der Waals surface area (Å²) in [5, 5.41) is 10.1. The number of rotatable bonds is 2. The van der Waals surface area contributed by atoms with Gasteiger partial charge in [0, 0.05) is 29.6 Å². The Balaban J connectivity index is 2.04. The van der Waals surface area contributed by atoms with E-state index in [1.165, 1.54) is 0 Å². The van der Waals surface area contributed by atoms with E-state index in [4.69, 9.17) is 11.6 Å². The van der Waals surface area contributed by atoms with Crippen molar-refractivity contribution in [3.63, 3.8) is 0 Å². The minimum atomic E-state index is -0.349. The molecule has 17 heavy (non-hydrogen) atoms. The second-order valence-corrected chi connectivity index (χ2v) is 4.98. The third-order valence-corrected chi connectivity index (χ3v) is 3.54. The van der Waals surface area contributed by atoms with Crippen molar-refractivity contribution in [2.24, 2.45) is 5.92 Å². The molecule has 2 unspecified atom stereocenters. The number of benzene rings is 1. The average molecular weight is 254 g/mol. The molecule has 0 aliphatic carbocycles. The maximum Gasteiger partial charge on any atom is 0.253 e. The van der Waals surface area contributed by atoms with Crippen LogP contribution in [0, 0.1) is 5.92 Å². The van der Waals surface area contributed by atoms with E-state index in [0.717, 1.165) is 13.0 Å². The first-order chi connectivity index (χ1) is 8.08. The van der Waals surface area contributed by atoms with Crippen LogP contribution in [0.1, 0.15) is 23.7 Å². The molecule has 1 aliphatic heterocycles. The summed E-state index contributed by atoms with van der Waals surface area (Å²) >= 11 is 5.78. The first kappa shape index (κ1) is 12.4. The maximum atomic E-state index is 12.1. The molecular formula is C13H16ClNO2. The lowest BCUT2D eigenvalue weighted by Crippen LogP contribution is -2.30. The van der Waals surface area contributed by atoms with Crippen LogP contribution < -0.4 is 0 Å². The van der Waals surface area contributed by atoms with Crippen LogP contribution in [0.2, 0.25) is 5.02 Å². The summed E-state index contributed by atoms with van der Waals surface area (Å²) in [6, 6.07) is 6.91. The third kappa shape index (κ3) is 2.79. The largest absolute Gasteiger partial charge is 0.393 e. The lowest BCUT2D eigenvalue weighted by atomic mass is 10.0. The standard InChI is InChI=1S/C13H16ClNO2/c1-9(16)11-6-7-15(8-11)13(17)10-2-4-12(14)5-3-10/h2-5,9,11,16H,6-8H2,1H3. The molecule has 2 atom stereocenters. The molecule has 1 saturated heterocycles. The summed E-state index contributed by atoms with van der Waals surface area (Å²) in [7, 11) is 0. The Morgan fingerprint density at radius 1 is 1.47 bits per heavy atom. The van der Waals surface area contributed by atoms with E-state index in [9.17, 15) is 9.90 Å². The van der Waals surface area contributed by atoms with Gasteiger partial charge >= 0.3 is 0 Å². The van der Waals surface area contributed by atoms with Crippen LogP contribution in [0.5, 0.6) is 0 Å². The molecule has 1 fully saturated rings. The predicted octanol–water partition coefficient (Wildman–Crippen LogP) is 2.18. The van der Waals surface area contributed by atoms with Gasteiger partial charge in [-0.2, -0.15) is 0 Å². The van der Waals surface area contributed by atoms with Crippen LogP contribution in [0.15, 0.2) is 24.3 Å². The van der Waals surface area contributed by atoms with Gasteiger partial charge in [-0.25, -0.2) is 0 Å². The highest BCUT2D eigenvalue weighted by Gasteiger charge is 2.29. The van der Waals surface area contributed by atoms with E-state index < -0.39 is 0 Å². The van der Waals surface area contributed by atoms with Crippen molar-refractivity contribution in [3.05, 3.63) is 34.9 Å². The van der Waals surface area contributed by atoms with Gasteiger partial charge < -0.3 is 10.0 Å². The summed E-state index contributed by atoms with van der Waals surface area (Å²) in [6.07, 6.45) is 0.523. The summed E-state index contributed by atoms with van der Waals surface area (Å²) in [6.45, 7) is 3.14. The fourth-order valence-corrected chi connectivity index (χ4v) is 2.27. The van der Waals surface area contributed by atoms with Gasteiger partial charge in [0.25, 0.3) is 5.91 Å². The number of carbonyl (C=O) groups is 1. The molecule has 0 radical (unpaired) electrons. The highest BCUT2D eigenvalue weighted by atomic mass is 35.5. The number of aliphatic hydroxyl groups excluding tert-OH is 1. The Morgan fingerprint density at radius 2 is 2.12 bits per heavy atom. The SMILES string of the molecule is CC(O)C1CCN(C(=O)c2ccc(Cl)cc2)C1. The Labute approximate surface area is 106 Å². The number of halogens is 1. The van der Waals surface area contributed by atoms with Gasteiger partial charge in [0.05, 0.1) is 6.10 Å². The Hall–Kier alpha value is -1.06. The first-order valence-electron chi connectivity index (χ1n) is 5.81. The average Bonchev–Trinajstić information content (AvgIpc) is 2.78. The molecule has 1 aromatic carbocycles. The molecule has 0 spiro atoms. The van der Waals surface area contributed by atoms with Crippen LogP contribution in [0.3, 0.4) is 0 Å². The van der Waals surface area contributed by atoms with E-state index in [-0.39, 0.29) is 17.9 Å². The summed E-state index contributed by atoms with van der Waals surface area (Å²) in [5.74, 6) is 0.219. The fourth-order valence-electron chi connectivity index (χ4n) is 2.14. The second-order valence-electron chi connectivity index (χ2n) is 4.55. The van der Waals surface area contributed by atoms with Crippen LogP contribution in [-0.2, 0) is 0 Å². The van der Waals surface area contributed by atoms with Gasteiger partial charge in [-0.1, -0.05) is 11.6 Å². The zero-order valence-electron chi connectivity index (χ0n) is 9.77. The number of likely N-dealkylation sites (tertiary alicyclic amines) is 1. The van der Waals surface area contributed by atoms with Gasteiger partial charge in [-0.3, -0.25) is 4.79 Å². The van der Waals surface area contributed by atoms with Crippen molar-refractivity contribution in [1.29, 1.82) is 0 Å². The lowest BCUT2D eigenvalue weighted by Gasteiger charge is -2.17. The van der Waals surface area contributed by atoms with Gasteiger partial charge in [-0.15, -0.1) is 0 Å². The fraction of sp³-hybridized carbons (Fsp3) is 0.462. The lowest BCUT2D eigenvalue weighted by molar-refractivity contribution is 0.0762. The van der Waals surface area contributed by atoms with Crippen molar-refractivity contribution in [2.75, 3.05) is 13.1 Å². The number of aliphatic hydroxyl groups is 1. The highest BCUT2D eigenvalue weighted by Crippen LogP contribution is 2.22. The minimum absolute atomic E-state index is 0.0183. The van der Waals surface area contributed by atoms with Crippen LogP contribution >= 0.6 is 11.6 Å². The Bertz CT molecular complexity index is 402. The topological polar surface area (TPSA) is 40.5 Å². The molecule has 1 N–H and O–H groups in total. The highest BCUT2D eigenvalue weighted by molar-refractivity contribution is 6.30. The maximum absolute atomic E-state index is 12.1. The molecule has 92 valence electrons. The smallest absolute Gasteiger partial charge is 0.253 e. The van der Waals surface area contributed by atoms with Crippen molar-refractivity contribution in [1.82, 2.24) is 4.90 Å². The van der Waals surface area contributed by atoms with Crippen LogP contribution in [0.25, 0.3) is 0 Å². The quantitative estimate of drug-likeness (QED) is 0.878. The van der Waals surface area contributed by atoms with E-state index in [1.807, 2.05) is 0 Å². The molecule has 1 amide bonds. The molecule has 4 heteroatoms.